The van der Waals surface area contributed by atoms with Gasteiger partial charge in [0.2, 0.25) is 0 Å². The summed E-state index contributed by atoms with van der Waals surface area (Å²) in [6.07, 6.45) is 8.01. The summed E-state index contributed by atoms with van der Waals surface area (Å²) in [6, 6.07) is 0. The van der Waals surface area contributed by atoms with Crippen molar-refractivity contribution in [2.75, 3.05) is 27.2 Å². The van der Waals surface area contributed by atoms with Crippen LogP contribution in [-0.4, -0.2) is 55.7 Å². The number of allylic oxidation sites excluding steroid dienone is 1. The molecule has 0 saturated carbocycles. The Hall–Kier alpha value is -1.40. The number of ether oxygens (including phenoxy) is 2. The number of hydrogen-bond donors (Lipinski definition) is 1. The third-order valence-electron chi connectivity index (χ3n) is 6.65. The number of rotatable bonds is 17. The van der Waals surface area contributed by atoms with Crippen LogP contribution < -0.4 is 5.73 Å². The van der Waals surface area contributed by atoms with Crippen molar-refractivity contribution in [3.8, 4) is 0 Å². The van der Waals surface area contributed by atoms with Gasteiger partial charge >= 0.3 is 11.9 Å². The fourth-order valence-corrected chi connectivity index (χ4v) is 5.77. The van der Waals surface area contributed by atoms with E-state index in [4.69, 9.17) is 15.2 Å². The van der Waals surface area contributed by atoms with Crippen LogP contribution in [0.25, 0.3) is 0 Å². The molecule has 0 saturated heterocycles. The molecule has 36 heavy (non-hydrogen) atoms. The lowest BCUT2D eigenvalue weighted by atomic mass is 9.65. The normalized spacial score (nSPS) is 15.9. The second kappa shape index (κ2) is 14.5. The molecule has 6 nitrogen and oxygen atoms in total. The Bertz CT molecular complexity index is 706. The molecule has 0 aliphatic heterocycles. The lowest BCUT2D eigenvalue weighted by Gasteiger charge is -2.46. The van der Waals surface area contributed by atoms with Crippen molar-refractivity contribution in [1.29, 1.82) is 0 Å². The van der Waals surface area contributed by atoms with Gasteiger partial charge in [0.15, 0.2) is 0 Å². The SMILES string of the molecule is CCCC(C)(C)C(OC(=O)CCCN(C)C)C(C)(C)CC(C)(N)C(=O)OC/C=C\C(C)(C)CC(C)C. The molecule has 0 aliphatic rings. The van der Waals surface area contributed by atoms with Crippen LogP contribution in [0.3, 0.4) is 0 Å². The van der Waals surface area contributed by atoms with Gasteiger partial charge in [-0.15, -0.1) is 0 Å². The minimum Gasteiger partial charge on any atom is -0.461 e. The number of nitrogens with two attached hydrogens (primary N) is 1. The van der Waals surface area contributed by atoms with Gasteiger partial charge in [-0.1, -0.05) is 80.9 Å². The lowest BCUT2D eigenvalue weighted by molar-refractivity contribution is -0.170. The number of carbonyl (C=O) groups is 2. The zero-order valence-corrected chi connectivity index (χ0v) is 25.6. The van der Waals surface area contributed by atoms with Gasteiger partial charge < -0.3 is 20.1 Å². The van der Waals surface area contributed by atoms with Gasteiger partial charge in [-0.3, -0.25) is 9.59 Å². The van der Waals surface area contributed by atoms with Crippen molar-refractivity contribution in [3.63, 3.8) is 0 Å². The molecule has 0 amide bonds. The molecule has 0 aromatic rings. The third-order valence-corrected chi connectivity index (χ3v) is 6.65. The van der Waals surface area contributed by atoms with Crippen molar-refractivity contribution < 1.29 is 19.1 Å². The van der Waals surface area contributed by atoms with Crippen LogP contribution in [0.15, 0.2) is 12.2 Å². The predicted molar refractivity (Wildman–Crippen MR) is 151 cm³/mol. The van der Waals surface area contributed by atoms with Gasteiger partial charge in [-0.2, -0.15) is 0 Å². The highest BCUT2D eigenvalue weighted by atomic mass is 16.5. The topological polar surface area (TPSA) is 81.9 Å². The standard InChI is InChI=1S/C30H58N2O4/c1-13-17-28(6,7)25(36-24(33)16-14-19-32(11)12)29(8,9)22-30(10,31)26(34)35-20-15-18-27(4,5)21-23(2)3/h15,18,23,25H,13-14,16-17,19-22,31H2,1-12H3/b18-15-. The van der Waals surface area contributed by atoms with Crippen LogP contribution in [0.2, 0.25) is 0 Å². The monoisotopic (exact) mass is 510 g/mol. The molecule has 0 rings (SSSR count). The Labute approximate surface area is 222 Å². The maximum atomic E-state index is 13.0. The number of esters is 2. The molecule has 0 radical (unpaired) electrons. The first-order valence-corrected chi connectivity index (χ1v) is 13.7. The van der Waals surface area contributed by atoms with E-state index in [0.717, 1.165) is 32.2 Å². The Morgan fingerprint density at radius 2 is 1.58 bits per heavy atom. The highest BCUT2D eigenvalue weighted by Crippen LogP contribution is 2.44. The molecule has 0 aromatic carbocycles. The number of hydrogen-bond acceptors (Lipinski definition) is 6. The first-order chi connectivity index (χ1) is 16.3. The molecule has 2 N–H and O–H groups in total. The summed E-state index contributed by atoms with van der Waals surface area (Å²) in [7, 11) is 3.98. The van der Waals surface area contributed by atoms with Crippen LogP contribution >= 0.6 is 0 Å². The van der Waals surface area contributed by atoms with Gasteiger partial charge in [0.1, 0.15) is 18.2 Å². The molecule has 6 heteroatoms. The van der Waals surface area contributed by atoms with Crippen molar-refractivity contribution >= 4 is 11.9 Å². The zero-order valence-electron chi connectivity index (χ0n) is 25.6. The van der Waals surface area contributed by atoms with Crippen LogP contribution in [-0.2, 0) is 19.1 Å². The van der Waals surface area contributed by atoms with Crippen LogP contribution in [0, 0.1) is 22.2 Å². The Morgan fingerprint density at radius 1 is 1.00 bits per heavy atom. The van der Waals surface area contributed by atoms with Crippen molar-refractivity contribution in [2.24, 2.45) is 27.9 Å². The van der Waals surface area contributed by atoms with Gasteiger partial charge in [-0.25, -0.2) is 0 Å². The molecule has 0 bridgehead atoms. The summed E-state index contributed by atoms with van der Waals surface area (Å²) in [5, 5.41) is 0. The highest BCUT2D eigenvalue weighted by Gasteiger charge is 2.47. The van der Waals surface area contributed by atoms with Crippen molar-refractivity contribution in [1.82, 2.24) is 4.90 Å². The first kappa shape index (κ1) is 34.6. The summed E-state index contributed by atoms with van der Waals surface area (Å²) < 4.78 is 11.7. The maximum Gasteiger partial charge on any atom is 0.326 e. The largest absolute Gasteiger partial charge is 0.461 e. The van der Waals surface area contributed by atoms with Crippen molar-refractivity contribution in [3.05, 3.63) is 12.2 Å². The zero-order chi connectivity index (χ0) is 28.4. The molecule has 0 spiro atoms. The minimum absolute atomic E-state index is 0.0447. The van der Waals surface area contributed by atoms with Crippen LogP contribution in [0.4, 0.5) is 0 Å². The van der Waals surface area contributed by atoms with E-state index < -0.39 is 16.9 Å². The molecule has 0 aliphatic carbocycles. The van der Waals surface area contributed by atoms with E-state index >= 15 is 0 Å². The van der Waals surface area contributed by atoms with E-state index in [-0.39, 0.29) is 29.5 Å². The molecule has 0 fully saturated rings. The van der Waals surface area contributed by atoms with E-state index in [1.54, 1.807) is 6.92 Å². The van der Waals surface area contributed by atoms with Gasteiger partial charge in [0, 0.05) is 17.3 Å². The summed E-state index contributed by atoms with van der Waals surface area (Å²) in [5.41, 5.74) is 4.58. The Kier molecular flexibility index (Phi) is 14.0. The fourth-order valence-electron chi connectivity index (χ4n) is 5.77. The fraction of sp³-hybridized carbons (Fsp3) is 0.867. The van der Waals surface area contributed by atoms with Crippen LogP contribution in [0.5, 0.6) is 0 Å². The number of nitrogens with zero attached hydrogens (tertiary/aromatic N) is 1. The van der Waals surface area contributed by atoms with Crippen molar-refractivity contribution in [2.45, 2.75) is 119 Å². The molecule has 2 unspecified atom stereocenters. The minimum atomic E-state index is -1.21. The molecule has 2 atom stereocenters. The summed E-state index contributed by atoms with van der Waals surface area (Å²) in [6.45, 7) is 22.0. The van der Waals surface area contributed by atoms with E-state index in [9.17, 15) is 9.59 Å². The molecular weight excluding hydrogens is 452 g/mol. The summed E-state index contributed by atoms with van der Waals surface area (Å²) in [5.74, 6) is -0.0467. The van der Waals surface area contributed by atoms with E-state index in [1.165, 1.54) is 0 Å². The molecular formula is C30H58N2O4. The quantitative estimate of drug-likeness (QED) is 0.181. The average molecular weight is 511 g/mol. The molecule has 212 valence electrons. The molecule has 0 heterocycles. The van der Waals surface area contributed by atoms with Gasteiger partial charge in [0.25, 0.3) is 0 Å². The van der Waals surface area contributed by atoms with E-state index in [0.29, 0.717) is 18.8 Å². The predicted octanol–water partition coefficient (Wildman–Crippen LogP) is 6.37. The Morgan fingerprint density at radius 3 is 2.08 bits per heavy atom. The second-order valence-electron chi connectivity index (χ2n) is 13.7. The van der Waals surface area contributed by atoms with E-state index in [1.807, 2.05) is 34.0 Å². The van der Waals surface area contributed by atoms with Crippen LogP contribution in [0.1, 0.15) is 108 Å². The Balaban J connectivity index is 5.43. The first-order valence-electron chi connectivity index (χ1n) is 13.7. The summed E-state index contributed by atoms with van der Waals surface area (Å²) in [4.78, 5) is 27.8. The van der Waals surface area contributed by atoms with E-state index in [2.05, 4.69) is 59.4 Å². The lowest BCUT2D eigenvalue weighted by Crippen LogP contribution is -2.54. The molecule has 0 aromatic heterocycles. The number of carbonyl (C=O) groups excluding carboxylic acids is 2. The maximum absolute atomic E-state index is 13.0. The van der Waals surface area contributed by atoms with Gasteiger partial charge in [-0.05, 0) is 64.6 Å². The smallest absolute Gasteiger partial charge is 0.326 e. The highest BCUT2D eigenvalue weighted by molar-refractivity contribution is 5.80. The third kappa shape index (κ3) is 13.2. The average Bonchev–Trinajstić information content (AvgIpc) is 2.66. The van der Waals surface area contributed by atoms with Gasteiger partial charge in [0.05, 0.1) is 0 Å². The summed E-state index contributed by atoms with van der Waals surface area (Å²) >= 11 is 0. The second-order valence-corrected chi connectivity index (χ2v) is 13.7.